The number of halogens is 2. The molecule has 2 nitrogen and oxygen atoms in total. The molecule has 1 aromatic rings. The van der Waals surface area contributed by atoms with Crippen molar-refractivity contribution in [2.75, 3.05) is 13.7 Å². The van der Waals surface area contributed by atoms with Gasteiger partial charge in [-0.3, -0.25) is 0 Å². The molecule has 1 aromatic carbocycles. The first-order valence-corrected chi connectivity index (χ1v) is 5.81. The van der Waals surface area contributed by atoms with Gasteiger partial charge in [-0.25, -0.2) is 0 Å². The van der Waals surface area contributed by atoms with Crippen LogP contribution in [0.3, 0.4) is 0 Å². The SMILES string of the molecule is COc1ccc([C@@H](C)NC/C(Cl)=C/Cl)cc1. The molecule has 0 spiro atoms. The van der Waals surface area contributed by atoms with Crippen LogP contribution in [0.4, 0.5) is 0 Å². The minimum Gasteiger partial charge on any atom is -0.497 e. The maximum absolute atomic E-state index is 5.79. The van der Waals surface area contributed by atoms with Gasteiger partial charge in [-0.2, -0.15) is 0 Å². The molecule has 0 aliphatic carbocycles. The van der Waals surface area contributed by atoms with Crippen molar-refractivity contribution in [3.05, 3.63) is 40.4 Å². The van der Waals surface area contributed by atoms with E-state index in [-0.39, 0.29) is 6.04 Å². The molecule has 0 saturated carbocycles. The summed E-state index contributed by atoms with van der Waals surface area (Å²) in [4.78, 5) is 0. The number of benzene rings is 1. The summed E-state index contributed by atoms with van der Waals surface area (Å²) < 4.78 is 5.10. The lowest BCUT2D eigenvalue weighted by atomic mass is 10.1. The van der Waals surface area contributed by atoms with E-state index in [0.29, 0.717) is 11.6 Å². The lowest BCUT2D eigenvalue weighted by Crippen LogP contribution is -2.19. The summed E-state index contributed by atoms with van der Waals surface area (Å²) >= 11 is 11.3. The Labute approximate surface area is 106 Å². The number of methoxy groups -OCH3 is 1. The number of ether oxygens (including phenoxy) is 1. The second-order valence-electron chi connectivity index (χ2n) is 3.43. The largest absolute Gasteiger partial charge is 0.497 e. The van der Waals surface area contributed by atoms with Crippen LogP contribution in [0.5, 0.6) is 5.75 Å². The minimum atomic E-state index is 0.219. The lowest BCUT2D eigenvalue weighted by molar-refractivity contribution is 0.414. The zero-order chi connectivity index (χ0) is 12.0. The van der Waals surface area contributed by atoms with Gasteiger partial charge >= 0.3 is 0 Å². The molecule has 0 amide bonds. The Morgan fingerprint density at radius 3 is 2.56 bits per heavy atom. The Hall–Kier alpha value is -0.700. The summed E-state index contributed by atoms with van der Waals surface area (Å²) in [6, 6.07) is 8.14. The second-order valence-corrected chi connectivity index (χ2v) is 4.14. The molecular weight excluding hydrogens is 245 g/mol. The van der Waals surface area contributed by atoms with Gasteiger partial charge < -0.3 is 10.1 Å². The van der Waals surface area contributed by atoms with Crippen molar-refractivity contribution < 1.29 is 4.74 Å². The van der Waals surface area contributed by atoms with Crippen molar-refractivity contribution in [1.29, 1.82) is 0 Å². The maximum atomic E-state index is 5.79. The summed E-state index contributed by atoms with van der Waals surface area (Å²) in [5, 5.41) is 3.86. The molecule has 16 heavy (non-hydrogen) atoms. The van der Waals surface area contributed by atoms with E-state index >= 15 is 0 Å². The molecule has 4 heteroatoms. The monoisotopic (exact) mass is 259 g/mol. The molecule has 0 radical (unpaired) electrons. The van der Waals surface area contributed by atoms with E-state index in [4.69, 9.17) is 27.9 Å². The van der Waals surface area contributed by atoms with E-state index in [1.165, 1.54) is 11.1 Å². The minimum absolute atomic E-state index is 0.219. The molecule has 1 rings (SSSR count). The first-order valence-electron chi connectivity index (χ1n) is 4.99. The third-order valence-electron chi connectivity index (χ3n) is 2.31. The maximum Gasteiger partial charge on any atom is 0.118 e. The highest BCUT2D eigenvalue weighted by molar-refractivity contribution is 6.36. The van der Waals surface area contributed by atoms with Gasteiger partial charge in [0.1, 0.15) is 5.75 Å². The average molecular weight is 260 g/mol. The van der Waals surface area contributed by atoms with Crippen LogP contribution in [0, 0.1) is 0 Å². The van der Waals surface area contributed by atoms with Gasteiger partial charge in [0, 0.05) is 23.2 Å². The second kappa shape index (κ2) is 6.79. The molecule has 0 aliphatic rings. The standard InChI is InChI=1S/C12H15Cl2NO/c1-9(15-8-11(14)7-13)10-3-5-12(16-2)6-4-10/h3-7,9,15H,8H2,1-2H3/b11-7-/t9-/m1/s1. The summed E-state index contributed by atoms with van der Waals surface area (Å²) in [5.41, 5.74) is 2.55. The Morgan fingerprint density at radius 2 is 2.06 bits per heavy atom. The topological polar surface area (TPSA) is 21.3 Å². The van der Waals surface area contributed by atoms with Crippen LogP contribution in [0.25, 0.3) is 0 Å². The van der Waals surface area contributed by atoms with Gasteiger partial charge in [0.25, 0.3) is 0 Å². The number of nitrogens with one attached hydrogen (secondary N) is 1. The zero-order valence-electron chi connectivity index (χ0n) is 9.34. The van der Waals surface area contributed by atoms with Crippen LogP contribution < -0.4 is 10.1 Å². The number of hydrogen-bond acceptors (Lipinski definition) is 2. The molecule has 0 aliphatic heterocycles. The van der Waals surface area contributed by atoms with Gasteiger partial charge in [-0.1, -0.05) is 35.3 Å². The van der Waals surface area contributed by atoms with E-state index in [0.717, 1.165) is 5.75 Å². The quantitative estimate of drug-likeness (QED) is 0.872. The van der Waals surface area contributed by atoms with E-state index in [1.807, 2.05) is 24.3 Å². The Kier molecular flexibility index (Phi) is 5.67. The van der Waals surface area contributed by atoms with Crippen LogP contribution in [0.15, 0.2) is 34.8 Å². The van der Waals surface area contributed by atoms with E-state index in [9.17, 15) is 0 Å². The summed E-state index contributed by atoms with van der Waals surface area (Å²) in [5.74, 6) is 0.856. The fraction of sp³-hybridized carbons (Fsp3) is 0.333. The van der Waals surface area contributed by atoms with Crippen LogP contribution in [0.2, 0.25) is 0 Å². The van der Waals surface area contributed by atoms with Crippen molar-refractivity contribution in [3.63, 3.8) is 0 Å². The van der Waals surface area contributed by atoms with E-state index in [1.54, 1.807) is 7.11 Å². The third-order valence-corrected chi connectivity index (χ3v) is 2.93. The molecule has 0 heterocycles. The van der Waals surface area contributed by atoms with Gasteiger partial charge in [0.05, 0.1) is 7.11 Å². The van der Waals surface area contributed by atoms with Crippen molar-refractivity contribution >= 4 is 23.2 Å². The van der Waals surface area contributed by atoms with Gasteiger partial charge in [0.15, 0.2) is 0 Å². The van der Waals surface area contributed by atoms with Gasteiger partial charge in [0.2, 0.25) is 0 Å². The molecule has 0 aromatic heterocycles. The molecule has 0 unspecified atom stereocenters. The highest BCUT2D eigenvalue weighted by atomic mass is 35.5. The summed E-state index contributed by atoms with van der Waals surface area (Å²) in [7, 11) is 1.65. The van der Waals surface area contributed by atoms with Crippen molar-refractivity contribution in [2.45, 2.75) is 13.0 Å². The van der Waals surface area contributed by atoms with E-state index in [2.05, 4.69) is 12.2 Å². The first kappa shape index (κ1) is 13.4. The smallest absolute Gasteiger partial charge is 0.118 e. The van der Waals surface area contributed by atoms with Crippen LogP contribution >= 0.6 is 23.2 Å². The summed E-state index contributed by atoms with van der Waals surface area (Å²) in [6.45, 7) is 2.64. The number of rotatable bonds is 5. The normalized spacial score (nSPS) is 13.6. The summed E-state index contributed by atoms with van der Waals surface area (Å²) in [6.07, 6.45) is 0. The molecule has 0 bridgehead atoms. The molecule has 88 valence electrons. The van der Waals surface area contributed by atoms with Crippen molar-refractivity contribution in [3.8, 4) is 5.75 Å². The van der Waals surface area contributed by atoms with Gasteiger partial charge in [-0.15, -0.1) is 0 Å². The number of hydrogen-bond donors (Lipinski definition) is 1. The molecule has 1 atom stereocenters. The van der Waals surface area contributed by atoms with Crippen LogP contribution in [-0.2, 0) is 0 Å². The fourth-order valence-corrected chi connectivity index (χ4v) is 1.45. The third kappa shape index (κ3) is 4.05. The first-order chi connectivity index (χ1) is 7.67. The molecular formula is C12H15Cl2NO. The van der Waals surface area contributed by atoms with Gasteiger partial charge in [-0.05, 0) is 24.6 Å². The van der Waals surface area contributed by atoms with E-state index < -0.39 is 0 Å². The molecule has 0 fully saturated rings. The highest BCUT2D eigenvalue weighted by Crippen LogP contribution is 2.17. The zero-order valence-corrected chi connectivity index (χ0v) is 10.8. The Morgan fingerprint density at radius 1 is 1.44 bits per heavy atom. The highest BCUT2D eigenvalue weighted by Gasteiger charge is 2.04. The molecule has 0 saturated heterocycles. The Bertz CT molecular complexity index is 349. The molecule has 1 N–H and O–H groups in total. The van der Waals surface area contributed by atoms with Crippen molar-refractivity contribution in [1.82, 2.24) is 5.32 Å². The van der Waals surface area contributed by atoms with Crippen LogP contribution in [-0.4, -0.2) is 13.7 Å². The lowest BCUT2D eigenvalue weighted by Gasteiger charge is -2.14. The fourth-order valence-electron chi connectivity index (χ4n) is 1.30. The average Bonchev–Trinajstić information content (AvgIpc) is 2.35. The van der Waals surface area contributed by atoms with Crippen molar-refractivity contribution in [2.24, 2.45) is 0 Å². The Balaban J connectivity index is 2.55. The van der Waals surface area contributed by atoms with Crippen LogP contribution in [0.1, 0.15) is 18.5 Å². The predicted octanol–water partition coefficient (Wildman–Crippen LogP) is 3.66. The predicted molar refractivity (Wildman–Crippen MR) is 69.2 cm³/mol.